The van der Waals surface area contributed by atoms with Gasteiger partial charge in [0.1, 0.15) is 11.6 Å². The summed E-state index contributed by atoms with van der Waals surface area (Å²) in [5.41, 5.74) is 0. The topological polar surface area (TPSA) is 77.5 Å². The maximum atomic E-state index is 11.5. The van der Waals surface area contributed by atoms with Gasteiger partial charge in [-0.3, -0.25) is 19.2 Å². The molecule has 0 aromatic heterocycles. The van der Waals surface area contributed by atoms with Crippen LogP contribution in [0, 0.1) is 23.7 Å². The van der Waals surface area contributed by atoms with Gasteiger partial charge in [0.15, 0.2) is 0 Å². The number of hydrogen-bond donors (Lipinski definition) is 0. The number of cyclic esters (lactones) is 2. The molecule has 3 aliphatic carbocycles. The second-order valence-corrected chi connectivity index (χ2v) is 4.35. The quantitative estimate of drug-likeness (QED) is 0.395. The summed E-state index contributed by atoms with van der Waals surface area (Å²) in [4.78, 5) is 45.8. The van der Waals surface area contributed by atoms with E-state index >= 15 is 0 Å². The number of esters is 2. The van der Waals surface area contributed by atoms with Gasteiger partial charge in [-0.15, -0.1) is 0 Å². The predicted molar refractivity (Wildman–Crippen MR) is 44.3 cm³/mol. The fourth-order valence-corrected chi connectivity index (χ4v) is 2.98. The molecular weight excluding hydrogens is 200 g/mol. The first-order valence-corrected chi connectivity index (χ1v) is 4.90. The molecule has 4 atom stereocenters. The van der Waals surface area contributed by atoms with Crippen molar-refractivity contribution >= 4 is 23.5 Å². The van der Waals surface area contributed by atoms with Crippen molar-refractivity contribution in [2.45, 2.75) is 12.8 Å². The van der Waals surface area contributed by atoms with Gasteiger partial charge in [0.2, 0.25) is 0 Å². The summed E-state index contributed by atoms with van der Waals surface area (Å²) < 4.78 is 4.50. The molecule has 4 rings (SSSR count). The molecule has 0 amide bonds. The Morgan fingerprint density at radius 3 is 1.60 bits per heavy atom. The largest absolute Gasteiger partial charge is 0.393 e. The van der Waals surface area contributed by atoms with Crippen LogP contribution in [0.25, 0.3) is 0 Å². The lowest BCUT2D eigenvalue weighted by Gasteiger charge is -2.39. The van der Waals surface area contributed by atoms with Crippen molar-refractivity contribution in [3.63, 3.8) is 0 Å². The molecule has 78 valence electrons. The molecule has 4 fully saturated rings. The van der Waals surface area contributed by atoms with Crippen molar-refractivity contribution in [3.8, 4) is 0 Å². The zero-order chi connectivity index (χ0) is 10.7. The van der Waals surface area contributed by atoms with E-state index in [1.807, 2.05) is 0 Å². The molecule has 0 aromatic rings. The van der Waals surface area contributed by atoms with Gasteiger partial charge in [-0.25, -0.2) is 0 Å². The minimum Gasteiger partial charge on any atom is -0.393 e. The van der Waals surface area contributed by atoms with Crippen molar-refractivity contribution in [2.24, 2.45) is 23.7 Å². The Bertz CT molecular complexity index is 372. The van der Waals surface area contributed by atoms with Crippen LogP contribution in [0.1, 0.15) is 12.8 Å². The smallest absolute Gasteiger partial charge is 0.318 e. The number of ketones is 2. The number of ether oxygens (including phenoxy) is 1. The molecule has 0 spiro atoms. The Hall–Kier alpha value is -1.52. The summed E-state index contributed by atoms with van der Waals surface area (Å²) in [7, 11) is 0. The third-order valence-corrected chi connectivity index (χ3v) is 3.67. The minimum atomic E-state index is -0.679. The number of rotatable bonds is 0. The number of Topliss-reactive ketones (excluding diaryl/α,β-unsaturated/α-hetero) is 2. The normalized spacial score (nSPS) is 43.2. The highest BCUT2D eigenvalue weighted by Gasteiger charge is 2.62. The van der Waals surface area contributed by atoms with Crippen molar-refractivity contribution < 1.29 is 23.9 Å². The molecule has 1 heterocycles. The summed E-state index contributed by atoms with van der Waals surface area (Å²) in [6, 6.07) is 0. The minimum absolute atomic E-state index is 0.0764. The summed E-state index contributed by atoms with van der Waals surface area (Å²) in [5.74, 6) is -3.97. The molecule has 5 nitrogen and oxygen atoms in total. The van der Waals surface area contributed by atoms with Gasteiger partial charge < -0.3 is 4.74 Å². The van der Waals surface area contributed by atoms with Gasteiger partial charge in [0.25, 0.3) is 0 Å². The first-order chi connectivity index (χ1) is 7.09. The summed E-state index contributed by atoms with van der Waals surface area (Å²) in [6.07, 6.45) is 0.208. The maximum Gasteiger partial charge on any atom is 0.318 e. The fraction of sp³-hybridized carbons (Fsp3) is 0.600. The average molecular weight is 208 g/mol. The molecule has 0 radical (unpaired) electrons. The maximum absolute atomic E-state index is 11.5. The first kappa shape index (κ1) is 8.76. The average Bonchev–Trinajstić information content (AvgIpc) is 2.46. The van der Waals surface area contributed by atoms with Crippen LogP contribution in [0.15, 0.2) is 0 Å². The summed E-state index contributed by atoms with van der Waals surface area (Å²) >= 11 is 0. The van der Waals surface area contributed by atoms with E-state index in [1.165, 1.54) is 0 Å². The Kier molecular flexibility index (Phi) is 1.48. The van der Waals surface area contributed by atoms with Crippen LogP contribution in [0.3, 0.4) is 0 Å². The van der Waals surface area contributed by atoms with E-state index in [9.17, 15) is 19.2 Å². The second kappa shape index (κ2) is 2.53. The monoisotopic (exact) mass is 208 g/mol. The third-order valence-electron chi connectivity index (χ3n) is 3.67. The lowest BCUT2D eigenvalue weighted by atomic mass is 9.58. The Labute approximate surface area is 84.8 Å². The molecule has 4 aliphatic rings. The lowest BCUT2D eigenvalue weighted by Crippen LogP contribution is -2.51. The highest BCUT2D eigenvalue weighted by atomic mass is 16.6. The van der Waals surface area contributed by atoms with Gasteiger partial charge in [0, 0.05) is 24.7 Å². The van der Waals surface area contributed by atoms with Crippen LogP contribution in [0.2, 0.25) is 0 Å². The van der Waals surface area contributed by atoms with E-state index < -0.39 is 35.6 Å². The molecule has 1 aliphatic heterocycles. The predicted octanol–water partition coefficient (Wildman–Crippen LogP) is -0.520. The Morgan fingerprint density at radius 1 is 0.800 bits per heavy atom. The van der Waals surface area contributed by atoms with Crippen LogP contribution in [-0.2, 0) is 23.9 Å². The van der Waals surface area contributed by atoms with Crippen LogP contribution in [-0.4, -0.2) is 23.5 Å². The second-order valence-electron chi connectivity index (χ2n) is 4.35. The van der Waals surface area contributed by atoms with Crippen LogP contribution in [0.4, 0.5) is 0 Å². The Balaban J connectivity index is 2.09. The van der Waals surface area contributed by atoms with Gasteiger partial charge in [-0.05, 0) is 0 Å². The van der Waals surface area contributed by atoms with Crippen LogP contribution in [0.5, 0.6) is 0 Å². The van der Waals surface area contributed by atoms with Gasteiger partial charge >= 0.3 is 11.9 Å². The molecular formula is C10H8O5. The van der Waals surface area contributed by atoms with E-state index in [1.54, 1.807) is 0 Å². The van der Waals surface area contributed by atoms with E-state index in [2.05, 4.69) is 4.74 Å². The fourth-order valence-electron chi connectivity index (χ4n) is 2.98. The molecule has 4 unspecified atom stereocenters. The third kappa shape index (κ3) is 0.926. The van der Waals surface area contributed by atoms with Crippen molar-refractivity contribution in [1.29, 1.82) is 0 Å². The Morgan fingerprint density at radius 2 is 1.20 bits per heavy atom. The number of fused-ring (bicyclic) bond motifs is 2. The number of carbonyl (C=O) groups excluding carboxylic acids is 4. The molecule has 5 heteroatoms. The number of hydrogen-bond acceptors (Lipinski definition) is 5. The van der Waals surface area contributed by atoms with Gasteiger partial charge in [0.05, 0.1) is 11.8 Å². The van der Waals surface area contributed by atoms with Gasteiger partial charge in [-0.2, -0.15) is 0 Å². The highest BCUT2D eigenvalue weighted by Crippen LogP contribution is 2.49. The van der Waals surface area contributed by atoms with E-state index in [4.69, 9.17) is 0 Å². The molecule has 2 bridgehead atoms. The van der Waals surface area contributed by atoms with E-state index in [0.29, 0.717) is 0 Å². The molecule has 1 saturated heterocycles. The van der Waals surface area contributed by atoms with E-state index in [0.717, 1.165) is 0 Å². The van der Waals surface area contributed by atoms with Gasteiger partial charge in [-0.1, -0.05) is 0 Å². The van der Waals surface area contributed by atoms with Crippen LogP contribution >= 0.6 is 0 Å². The highest BCUT2D eigenvalue weighted by molar-refractivity contribution is 6.09. The molecule has 0 N–H and O–H groups in total. The zero-order valence-electron chi connectivity index (χ0n) is 7.76. The zero-order valence-corrected chi connectivity index (χ0v) is 7.76. The van der Waals surface area contributed by atoms with Crippen molar-refractivity contribution in [1.82, 2.24) is 0 Å². The number of carbonyl (C=O) groups is 4. The standard InChI is InChI=1S/C10H8O5/c11-5-1-3-6(12)2-4(5)8-7(3)9(13)15-10(8)14/h3-4,7-8H,1-2H2. The van der Waals surface area contributed by atoms with Crippen LogP contribution < -0.4 is 0 Å². The van der Waals surface area contributed by atoms with Crippen molar-refractivity contribution in [2.75, 3.05) is 0 Å². The molecule has 0 aromatic carbocycles. The van der Waals surface area contributed by atoms with E-state index in [-0.39, 0.29) is 24.4 Å². The SMILES string of the molecule is O=C1CC2C(=O)CC1C1C(=O)OC(=O)C21. The summed E-state index contributed by atoms with van der Waals surface area (Å²) in [5, 5.41) is 0. The molecule has 15 heavy (non-hydrogen) atoms. The molecule has 3 saturated carbocycles. The first-order valence-electron chi connectivity index (χ1n) is 4.90. The summed E-state index contributed by atoms with van der Waals surface area (Å²) in [6.45, 7) is 0. The lowest BCUT2D eigenvalue weighted by molar-refractivity contribution is -0.154. The van der Waals surface area contributed by atoms with Crippen molar-refractivity contribution in [3.05, 3.63) is 0 Å².